The summed E-state index contributed by atoms with van der Waals surface area (Å²) in [5.41, 5.74) is 0.327. The molecule has 3 nitrogen and oxygen atoms in total. The zero-order valence-electron chi connectivity index (χ0n) is 12.5. The van der Waals surface area contributed by atoms with E-state index in [0.29, 0.717) is 12.5 Å². The van der Waals surface area contributed by atoms with Crippen molar-refractivity contribution in [3.8, 4) is 0 Å². The van der Waals surface area contributed by atoms with E-state index in [1.807, 2.05) is 13.8 Å². The SMILES string of the molecule is CC(C)(C(=O)NCc1cc(F)ccc1Br)C1CCCNC1. The molecule has 0 saturated carbocycles. The summed E-state index contributed by atoms with van der Waals surface area (Å²) in [4.78, 5) is 12.5. The first-order valence-electron chi connectivity index (χ1n) is 7.34. The van der Waals surface area contributed by atoms with E-state index in [1.165, 1.54) is 12.1 Å². The molecular formula is C16H22BrFN2O. The Labute approximate surface area is 133 Å². The summed E-state index contributed by atoms with van der Waals surface area (Å²) < 4.78 is 14.1. The molecule has 21 heavy (non-hydrogen) atoms. The van der Waals surface area contributed by atoms with E-state index in [4.69, 9.17) is 0 Å². The Balaban J connectivity index is 1.98. The summed E-state index contributed by atoms with van der Waals surface area (Å²) in [6.07, 6.45) is 2.17. The highest BCUT2D eigenvalue weighted by Crippen LogP contribution is 2.32. The second-order valence-electron chi connectivity index (χ2n) is 6.18. The van der Waals surface area contributed by atoms with Gasteiger partial charge in [0.25, 0.3) is 0 Å². The van der Waals surface area contributed by atoms with Gasteiger partial charge in [-0.3, -0.25) is 4.79 Å². The molecule has 2 N–H and O–H groups in total. The summed E-state index contributed by atoms with van der Waals surface area (Å²) in [7, 11) is 0. The number of piperidine rings is 1. The van der Waals surface area contributed by atoms with Crippen molar-refractivity contribution in [3.05, 3.63) is 34.1 Å². The lowest BCUT2D eigenvalue weighted by molar-refractivity contribution is -0.132. The summed E-state index contributed by atoms with van der Waals surface area (Å²) in [5, 5.41) is 6.29. The number of hydrogen-bond acceptors (Lipinski definition) is 2. The first kappa shape index (κ1) is 16.4. The van der Waals surface area contributed by atoms with E-state index < -0.39 is 5.41 Å². The average molecular weight is 357 g/mol. The van der Waals surface area contributed by atoms with Crippen LogP contribution in [-0.2, 0) is 11.3 Å². The highest BCUT2D eigenvalue weighted by molar-refractivity contribution is 9.10. The molecule has 0 aliphatic carbocycles. The van der Waals surface area contributed by atoms with Gasteiger partial charge in [-0.25, -0.2) is 4.39 Å². The Morgan fingerprint density at radius 3 is 2.95 bits per heavy atom. The van der Waals surface area contributed by atoms with Crippen molar-refractivity contribution in [2.45, 2.75) is 33.2 Å². The molecule has 0 bridgehead atoms. The van der Waals surface area contributed by atoms with Crippen LogP contribution in [0.5, 0.6) is 0 Å². The lowest BCUT2D eigenvalue weighted by atomic mass is 9.74. The van der Waals surface area contributed by atoms with Crippen LogP contribution >= 0.6 is 15.9 Å². The molecule has 1 saturated heterocycles. The van der Waals surface area contributed by atoms with Crippen LogP contribution in [0.15, 0.2) is 22.7 Å². The van der Waals surface area contributed by atoms with Gasteiger partial charge in [-0.15, -0.1) is 0 Å². The molecule has 1 unspecified atom stereocenters. The number of hydrogen-bond donors (Lipinski definition) is 2. The van der Waals surface area contributed by atoms with Crippen LogP contribution in [0.25, 0.3) is 0 Å². The van der Waals surface area contributed by atoms with Crippen LogP contribution in [-0.4, -0.2) is 19.0 Å². The number of carbonyl (C=O) groups excluding carboxylic acids is 1. The minimum absolute atomic E-state index is 0.0207. The second kappa shape index (κ2) is 6.88. The van der Waals surface area contributed by atoms with Crippen LogP contribution in [0.2, 0.25) is 0 Å². The normalized spacial score (nSPS) is 19.3. The smallest absolute Gasteiger partial charge is 0.226 e. The second-order valence-corrected chi connectivity index (χ2v) is 7.04. The molecule has 0 aromatic heterocycles. The van der Waals surface area contributed by atoms with Gasteiger partial charge in [0, 0.05) is 16.4 Å². The third kappa shape index (κ3) is 4.04. The largest absolute Gasteiger partial charge is 0.352 e. The molecule has 116 valence electrons. The number of nitrogens with one attached hydrogen (secondary N) is 2. The van der Waals surface area contributed by atoms with Crippen molar-refractivity contribution < 1.29 is 9.18 Å². The van der Waals surface area contributed by atoms with Crippen LogP contribution < -0.4 is 10.6 Å². The predicted molar refractivity (Wildman–Crippen MR) is 85.3 cm³/mol. The zero-order chi connectivity index (χ0) is 15.5. The van der Waals surface area contributed by atoms with E-state index in [1.54, 1.807) is 6.07 Å². The molecule has 5 heteroatoms. The molecule has 0 spiro atoms. The minimum atomic E-state index is -0.423. The number of benzene rings is 1. The molecule has 0 radical (unpaired) electrons. The van der Waals surface area contributed by atoms with Crippen molar-refractivity contribution in [2.24, 2.45) is 11.3 Å². The van der Waals surface area contributed by atoms with Gasteiger partial charge in [0.05, 0.1) is 0 Å². The lowest BCUT2D eigenvalue weighted by Gasteiger charge is -2.36. The van der Waals surface area contributed by atoms with E-state index in [0.717, 1.165) is 36.0 Å². The zero-order valence-corrected chi connectivity index (χ0v) is 14.1. The molecule has 1 atom stereocenters. The molecule has 1 aliphatic rings. The van der Waals surface area contributed by atoms with Crippen molar-refractivity contribution in [1.82, 2.24) is 10.6 Å². The van der Waals surface area contributed by atoms with Crippen LogP contribution in [0.1, 0.15) is 32.3 Å². The highest BCUT2D eigenvalue weighted by Gasteiger charge is 2.37. The van der Waals surface area contributed by atoms with Crippen molar-refractivity contribution in [1.29, 1.82) is 0 Å². The van der Waals surface area contributed by atoms with Crippen molar-refractivity contribution in [2.75, 3.05) is 13.1 Å². The Hall–Kier alpha value is -0.940. The summed E-state index contributed by atoms with van der Waals surface area (Å²) in [5.74, 6) is 0.0627. The first-order chi connectivity index (χ1) is 9.91. The van der Waals surface area contributed by atoms with Crippen LogP contribution in [0, 0.1) is 17.2 Å². The predicted octanol–water partition coefficient (Wildman–Crippen LogP) is 3.23. The van der Waals surface area contributed by atoms with Crippen molar-refractivity contribution in [3.63, 3.8) is 0 Å². The minimum Gasteiger partial charge on any atom is -0.352 e. The maximum absolute atomic E-state index is 13.3. The summed E-state index contributed by atoms with van der Waals surface area (Å²) in [6.45, 7) is 6.22. The van der Waals surface area contributed by atoms with E-state index in [9.17, 15) is 9.18 Å². The number of amides is 1. The van der Waals surface area contributed by atoms with Crippen LogP contribution in [0.4, 0.5) is 4.39 Å². The molecule has 2 rings (SSSR count). The van der Waals surface area contributed by atoms with E-state index >= 15 is 0 Å². The molecule has 1 aromatic rings. The Bertz CT molecular complexity index is 513. The van der Waals surface area contributed by atoms with E-state index in [-0.39, 0.29) is 11.7 Å². The Morgan fingerprint density at radius 2 is 2.29 bits per heavy atom. The van der Waals surface area contributed by atoms with Gasteiger partial charge >= 0.3 is 0 Å². The molecule has 1 fully saturated rings. The maximum Gasteiger partial charge on any atom is 0.226 e. The fourth-order valence-electron chi connectivity index (χ4n) is 2.74. The Kier molecular flexibility index (Phi) is 5.38. The quantitative estimate of drug-likeness (QED) is 0.869. The summed E-state index contributed by atoms with van der Waals surface area (Å²) >= 11 is 3.38. The molecule has 1 aromatic carbocycles. The van der Waals surface area contributed by atoms with Gasteiger partial charge < -0.3 is 10.6 Å². The van der Waals surface area contributed by atoms with Gasteiger partial charge in [-0.2, -0.15) is 0 Å². The molecule has 1 amide bonds. The third-order valence-electron chi connectivity index (χ3n) is 4.35. The Morgan fingerprint density at radius 1 is 1.52 bits per heavy atom. The number of halogens is 2. The summed E-state index contributed by atoms with van der Waals surface area (Å²) in [6, 6.07) is 4.50. The van der Waals surface area contributed by atoms with Crippen LogP contribution in [0.3, 0.4) is 0 Å². The van der Waals surface area contributed by atoms with Gasteiger partial charge in [-0.1, -0.05) is 29.8 Å². The van der Waals surface area contributed by atoms with E-state index in [2.05, 4.69) is 26.6 Å². The van der Waals surface area contributed by atoms with Gasteiger partial charge in [-0.05, 0) is 55.6 Å². The standard InChI is InChI=1S/C16H22BrFN2O/c1-16(2,12-4-3-7-19-10-12)15(21)20-9-11-8-13(18)5-6-14(11)17/h5-6,8,12,19H,3-4,7,9-10H2,1-2H3,(H,20,21). The monoisotopic (exact) mass is 356 g/mol. The van der Waals surface area contributed by atoms with Gasteiger partial charge in [0.1, 0.15) is 5.82 Å². The first-order valence-corrected chi connectivity index (χ1v) is 8.13. The highest BCUT2D eigenvalue weighted by atomic mass is 79.9. The molecule has 1 heterocycles. The van der Waals surface area contributed by atoms with Gasteiger partial charge in [0.2, 0.25) is 5.91 Å². The molecule has 1 aliphatic heterocycles. The fourth-order valence-corrected chi connectivity index (χ4v) is 3.12. The third-order valence-corrected chi connectivity index (χ3v) is 5.12. The molecular weight excluding hydrogens is 335 g/mol. The maximum atomic E-state index is 13.3. The average Bonchev–Trinajstić information content (AvgIpc) is 2.48. The fraction of sp³-hybridized carbons (Fsp3) is 0.562. The van der Waals surface area contributed by atoms with Gasteiger partial charge in [0.15, 0.2) is 0 Å². The number of carbonyl (C=O) groups is 1. The number of rotatable bonds is 4. The lowest BCUT2D eigenvalue weighted by Crippen LogP contribution is -2.47. The van der Waals surface area contributed by atoms with Crippen molar-refractivity contribution >= 4 is 21.8 Å². The topological polar surface area (TPSA) is 41.1 Å².